The smallest absolute Gasteiger partial charge is 0.230 e. The van der Waals surface area contributed by atoms with Gasteiger partial charge < -0.3 is 15.2 Å². The van der Waals surface area contributed by atoms with Crippen LogP contribution in [0.3, 0.4) is 0 Å². The summed E-state index contributed by atoms with van der Waals surface area (Å²) in [6.45, 7) is 8.40. The Hall–Kier alpha value is -1.55. The summed E-state index contributed by atoms with van der Waals surface area (Å²) < 4.78 is 5.27. The molecule has 0 aromatic heterocycles. The Bertz CT molecular complexity index is 424. The van der Waals surface area contributed by atoms with Crippen molar-refractivity contribution in [3.05, 3.63) is 24.3 Å². The summed E-state index contributed by atoms with van der Waals surface area (Å²) in [5.74, 6) is 1.18. The van der Waals surface area contributed by atoms with Gasteiger partial charge in [0.15, 0.2) is 0 Å². The van der Waals surface area contributed by atoms with Crippen molar-refractivity contribution < 1.29 is 14.6 Å². The molecular weight excluding hydrogens is 254 g/mol. The van der Waals surface area contributed by atoms with E-state index in [4.69, 9.17) is 9.84 Å². The molecule has 0 radical (unpaired) electrons. The van der Waals surface area contributed by atoms with Gasteiger partial charge in [-0.1, -0.05) is 27.7 Å². The molecular formula is C16H25NO3. The van der Waals surface area contributed by atoms with Gasteiger partial charge in [0.25, 0.3) is 0 Å². The van der Waals surface area contributed by atoms with Gasteiger partial charge in [0.05, 0.1) is 6.61 Å². The van der Waals surface area contributed by atoms with Gasteiger partial charge in [-0.05, 0) is 36.6 Å². The van der Waals surface area contributed by atoms with Crippen molar-refractivity contribution in [3.63, 3.8) is 0 Å². The molecule has 0 aliphatic rings. The second-order valence-corrected chi connectivity index (χ2v) is 6.03. The van der Waals surface area contributed by atoms with E-state index in [0.29, 0.717) is 11.7 Å². The first-order chi connectivity index (χ1) is 9.35. The van der Waals surface area contributed by atoms with Gasteiger partial charge >= 0.3 is 0 Å². The summed E-state index contributed by atoms with van der Waals surface area (Å²) in [6, 6.07) is 7.16. The number of carbonyl (C=O) groups is 1. The van der Waals surface area contributed by atoms with E-state index < -0.39 is 0 Å². The van der Waals surface area contributed by atoms with Crippen LogP contribution in [0.5, 0.6) is 5.75 Å². The van der Waals surface area contributed by atoms with E-state index in [-0.39, 0.29) is 24.5 Å². The third-order valence-electron chi connectivity index (χ3n) is 3.01. The number of carbonyl (C=O) groups excluding carboxylic acids is 1. The van der Waals surface area contributed by atoms with Gasteiger partial charge in [-0.3, -0.25) is 4.79 Å². The molecule has 0 aliphatic heterocycles. The van der Waals surface area contributed by atoms with Crippen LogP contribution in [0.25, 0.3) is 0 Å². The van der Waals surface area contributed by atoms with Gasteiger partial charge in [0.2, 0.25) is 5.91 Å². The highest BCUT2D eigenvalue weighted by Crippen LogP contribution is 2.27. The van der Waals surface area contributed by atoms with E-state index in [2.05, 4.69) is 19.2 Å². The van der Waals surface area contributed by atoms with Crippen molar-refractivity contribution in [1.29, 1.82) is 0 Å². The third-order valence-corrected chi connectivity index (χ3v) is 3.01. The van der Waals surface area contributed by atoms with Crippen molar-refractivity contribution in [2.24, 2.45) is 11.3 Å². The molecule has 0 spiro atoms. The first kappa shape index (κ1) is 16.5. The minimum atomic E-state index is -0.389. The maximum atomic E-state index is 12.3. The van der Waals surface area contributed by atoms with Crippen LogP contribution in [0.1, 0.15) is 34.1 Å². The normalized spacial score (nSPS) is 11.5. The minimum Gasteiger partial charge on any atom is -0.491 e. The number of benzene rings is 1. The summed E-state index contributed by atoms with van der Waals surface area (Å²) >= 11 is 0. The fourth-order valence-electron chi connectivity index (χ4n) is 2.21. The highest BCUT2D eigenvalue weighted by Gasteiger charge is 2.28. The zero-order chi connectivity index (χ0) is 15.2. The van der Waals surface area contributed by atoms with Crippen molar-refractivity contribution in [1.82, 2.24) is 0 Å². The van der Waals surface area contributed by atoms with E-state index >= 15 is 0 Å². The lowest BCUT2D eigenvalue weighted by Crippen LogP contribution is -2.32. The van der Waals surface area contributed by atoms with Gasteiger partial charge in [-0.25, -0.2) is 0 Å². The van der Waals surface area contributed by atoms with E-state index in [1.807, 2.05) is 13.8 Å². The number of aliphatic hydroxyl groups excluding tert-OH is 1. The highest BCUT2D eigenvalue weighted by atomic mass is 16.5. The van der Waals surface area contributed by atoms with Crippen molar-refractivity contribution >= 4 is 11.6 Å². The van der Waals surface area contributed by atoms with Crippen molar-refractivity contribution in [2.45, 2.75) is 34.1 Å². The molecule has 1 amide bonds. The molecule has 1 aromatic carbocycles. The first-order valence-corrected chi connectivity index (χ1v) is 7.00. The van der Waals surface area contributed by atoms with Crippen LogP contribution in [-0.2, 0) is 4.79 Å². The number of anilines is 1. The Morgan fingerprint density at radius 1 is 1.30 bits per heavy atom. The van der Waals surface area contributed by atoms with E-state index in [1.54, 1.807) is 24.3 Å². The summed E-state index contributed by atoms with van der Waals surface area (Å²) in [6.07, 6.45) is 0.844. The standard InChI is InChI=1S/C16H25NO3/c1-12(2)11-16(3,4)15(19)17-13-5-7-14(8-6-13)20-10-9-18/h5-8,12,18H,9-11H2,1-4H3,(H,17,19). The van der Waals surface area contributed by atoms with Crippen LogP contribution in [-0.4, -0.2) is 24.2 Å². The average Bonchev–Trinajstić information content (AvgIpc) is 2.36. The SMILES string of the molecule is CC(C)CC(C)(C)C(=O)Nc1ccc(OCCO)cc1. The van der Waals surface area contributed by atoms with Gasteiger partial charge in [0, 0.05) is 11.1 Å². The zero-order valence-corrected chi connectivity index (χ0v) is 12.8. The first-order valence-electron chi connectivity index (χ1n) is 7.00. The van der Waals surface area contributed by atoms with Crippen LogP contribution in [0.15, 0.2) is 24.3 Å². The molecule has 1 rings (SSSR count). The largest absolute Gasteiger partial charge is 0.491 e. The van der Waals surface area contributed by atoms with Crippen LogP contribution < -0.4 is 10.1 Å². The predicted octanol–water partition coefficient (Wildman–Crippen LogP) is 3.07. The van der Waals surface area contributed by atoms with Crippen LogP contribution >= 0.6 is 0 Å². The molecule has 0 aliphatic carbocycles. The van der Waals surface area contributed by atoms with E-state index in [0.717, 1.165) is 12.1 Å². The quantitative estimate of drug-likeness (QED) is 0.806. The number of amides is 1. The van der Waals surface area contributed by atoms with Crippen molar-refractivity contribution in [3.8, 4) is 5.75 Å². The summed E-state index contributed by atoms with van der Waals surface area (Å²) in [5.41, 5.74) is 0.364. The maximum Gasteiger partial charge on any atom is 0.230 e. The van der Waals surface area contributed by atoms with Crippen LogP contribution in [0.4, 0.5) is 5.69 Å². The van der Waals surface area contributed by atoms with E-state index in [1.165, 1.54) is 0 Å². The summed E-state index contributed by atoms with van der Waals surface area (Å²) in [4.78, 5) is 12.3. The third kappa shape index (κ3) is 5.21. The van der Waals surface area contributed by atoms with Gasteiger partial charge in [0.1, 0.15) is 12.4 Å². The lowest BCUT2D eigenvalue weighted by Gasteiger charge is -2.25. The highest BCUT2D eigenvalue weighted by molar-refractivity contribution is 5.94. The molecule has 112 valence electrons. The lowest BCUT2D eigenvalue weighted by atomic mass is 9.83. The van der Waals surface area contributed by atoms with E-state index in [9.17, 15) is 4.79 Å². The Morgan fingerprint density at radius 3 is 2.40 bits per heavy atom. The molecule has 0 saturated heterocycles. The second kappa shape index (κ2) is 7.29. The summed E-state index contributed by atoms with van der Waals surface area (Å²) in [7, 11) is 0. The minimum absolute atomic E-state index is 0.0120. The molecule has 20 heavy (non-hydrogen) atoms. The Kier molecular flexibility index (Phi) is 6.02. The Labute approximate surface area is 121 Å². The number of rotatable bonds is 7. The molecule has 0 atom stereocenters. The molecule has 4 heteroatoms. The monoisotopic (exact) mass is 279 g/mol. The van der Waals surface area contributed by atoms with Crippen molar-refractivity contribution in [2.75, 3.05) is 18.5 Å². The van der Waals surface area contributed by atoms with Crippen LogP contribution in [0, 0.1) is 11.3 Å². The molecule has 0 heterocycles. The summed E-state index contributed by atoms with van der Waals surface area (Å²) in [5, 5.41) is 11.6. The molecule has 4 nitrogen and oxygen atoms in total. The lowest BCUT2D eigenvalue weighted by molar-refractivity contribution is -0.124. The average molecular weight is 279 g/mol. The zero-order valence-electron chi connectivity index (χ0n) is 12.8. The second-order valence-electron chi connectivity index (χ2n) is 6.03. The fraction of sp³-hybridized carbons (Fsp3) is 0.562. The maximum absolute atomic E-state index is 12.3. The Morgan fingerprint density at radius 2 is 1.90 bits per heavy atom. The van der Waals surface area contributed by atoms with Crippen LogP contribution in [0.2, 0.25) is 0 Å². The number of aliphatic hydroxyl groups is 1. The number of nitrogens with one attached hydrogen (secondary N) is 1. The number of ether oxygens (including phenoxy) is 1. The number of hydrogen-bond donors (Lipinski definition) is 2. The van der Waals surface area contributed by atoms with Gasteiger partial charge in [-0.2, -0.15) is 0 Å². The molecule has 2 N–H and O–H groups in total. The predicted molar refractivity (Wildman–Crippen MR) is 80.9 cm³/mol. The number of hydrogen-bond acceptors (Lipinski definition) is 3. The Balaban J connectivity index is 2.62. The molecule has 0 saturated carbocycles. The van der Waals surface area contributed by atoms with Gasteiger partial charge in [-0.15, -0.1) is 0 Å². The molecule has 0 fully saturated rings. The molecule has 0 bridgehead atoms. The topological polar surface area (TPSA) is 58.6 Å². The molecule has 0 unspecified atom stereocenters. The molecule has 1 aromatic rings. The fourth-order valence-corrected chi connectivity index (χ4v) is 2.21.